The van der Waals surface area contributed by atoms with Crippen molar-refractivity contribution in [2.45, 2.75) is 32.4 Å². The van der Waals surface area contributed by atoms with Crippen LogP contribution in [0.4, 0.5) is 0 Å². The molecule has 3 nitrogen and oxygen atoms in total. The van der Waals surface area contributed by atoms with Gasteiger partial charge in [-0.3, -0.25) is 9.88 Å². The van der Waals surface area contributed by atoms with E-state index in [1.807, 2.05) is 18.3 Å². The van der Waals surface area contributed by atoms with Gasteiger partial charge < -0.3 is 5.73 Å². The number of nitrogens with two attached hydrogens (primary N) is 1. The van der Waals surface area contributed by atoms with Crippen LogP contribution in [-0.4, -0.2) is 29.0 Å². The van der Waals surface area contributed by atoms with Gasteiger partial charge in [0, 0.05) is 25.3 Å². The zero-order chi connectivity index (χ0) is 11.4. The molecule has 2 heterocycles. The van der Waals surface area contributed by atoms with Crippen LogP contribution < -0.4 is 5.73 Å². The minimum absolute atomic E-state index is 0.524. The summed E-state index contributed by atoms with van der Waals surface area (Å²) in [6.07, 6.45) is 4.45. The number of hydrogen-bond donors (Lipinski definition) is 1. The average Bonchev–Trinajstić information content (AvgIpc) is 2.31. The second-order valence-corrected chi connectivity index (χ2v) is 4.71. The maximum Gasteiger partial charge on any atom is 0.0544 e. The Morgan fingerprint density at radius 3 is 3.06 bits per heavy atom. The summed E-state index contributed by atoms with van der Waals surface area (Å²) in [4.78, 5) is 6.87. The molecule has 88 valence electrons. The Balaban J connectivity index is 2.02. The highest BCUT2D eigenvalue weighted by atomic mass is 15.2. The monoisotopic (exact) mass is 219 g/mol. The fraction of sp³-hybridized carbons (Fsp3) is 0.615. The summed E-state index contributed by atoms with van der Waals surface area (Å²) in [5.41, 5.74) is 7.02. The molecule has 16 heavy (non-hydrogen) atoms. The predicted molar refractivity (Wildman–Crippen MR) is 65.9 cm³/mol. The third kappa shape index (κ3) is 2.60. The van der Waals surface area contributed by atoms with Gasteiger partial charge in [-0.2, -0.15) is 0 Å². The first-order valence-corrected chi connectivity index (χ1v) is 6.15. The summed E-state index contributed by atoms with van der Waals surface area (Å²) in [7, 11) is 0. The van der Waals surface area contributed by atoms with E-state index in [-0.39, 0.29) is 0 Å². The van der Waals surface area contributed by atoms with Crippen molar-refractivity contribution < 1.29 is 0 Å². The van der Waals surface area contributed by atoms with Crippen LogP contribution in [0.1, 0.15) is 25.5 Å². The first-order chi connectivity index (χ1) is 7.81. The fourth-order valence-electron chi connectivity index (χ4n) is 2.61. The van der Waals surface area contributed by atoms with Gasteiger partial charge in [-0.25, -0.2) is 0 Å². The molecule has 2 unspecified atom stereocenters. The van der Waals surface area contributed by atoms with Crippen LogP contribution >= 0.6 is 0 Å². The quantitative estimate of drug-likeness (QED) is 0.840. The van der Waals surface area contributed by atoms with Gasteiger partial charge in [0.2, 0.25) is 0 Å². The van der Waals surface area contributed by atoms with E-state index in [0.717, 1.165) is 25.3 Å². The van der Waals surface area contributed by atoms with E-state index in [0.29, 0.717) is 12.0 Å². The average molecular weight is 219 g/mol. The molecule has 1 aromatic heterocycles. The Labute approximate surface area is 97.7 Å². The Kier molecular flexibility index (Phi) is 3.91. The van der Waals surface area contributed by atoms with Crippen LogP contribution in [0.5, 0.6) is 0 Å². The maximum absolute atomic E-state index is 5.88. The highest BCUT2D eigenvalue weighted by Gasteiger charge is 2.27. The predicted octanol–water partition coefficient (Wildman–Crippen LogP) is 1.64. The summed E-state index contributed by atoms with van der Waals surface area (Å²) in [6.45, 7) is 5.16. The van der Waals surface area contributed by atoms with Crippen molar-refractivity contribution in [1.29, 1.82) is 0 Å². The smallest absolute Gasteiger partial charge is 0.0544 e. The molecule has 3 heteroatoms. The molecule has 1 saturated heterocycles. The fourth-order valence-corrected chi connectivity index (χ4v) is 2.61. The Morgan fingerprint density at radius 1 is 1.50 bits per heavy atom. The van der Waals surface area contributed by atoms with Crippen molar-refractivity contribution >= 4 is 0 Å². The number of nitrogens with zero attached hydrogens (tertiary/aromatic N) is 2. The number of pyridine rings is 1. The molecule has 0 saturated carbocycles. The summed E-state index contributed by atoms with van der Waals surface area (Å²) in [5, 5.41) is 0. The van der Waals surface area contributed by atoms with E-state index < -0.39 is 0 Å². The summed E-state index contributed by atoms with van der Waals surface area (Å²) < 4.78 is 0. The zero-order valence-electron chi connectivity index (χ0n) is 9.97. The first-order valence-electron chi connectivity index (χ1n) is 6.15. The minimum atomic E-state index is 0.524. The molecule has 0 aliphatic carbocycles. The number of likely N-dealkylation sites (tertiary alicyclic amines) is 1. The summed E-state index contributed by atoms with van der Waals surface area (Å²) in [5.74, 6) is 0.711. The number of hydrogen-bond acceptors (Lipinski definition) is 3. The van der Waals surface area contributed by atoms with Gasteiger partial charge in [0.25, 0.3) is 0 Å². The third-order valence-electron chi connectivity index (χ3n) is 3.56. The molecule has 0 spiro atoms. The summed E-state index contributed by atoms with van der Waals surface area (Å²) >= 11 is 0. The zero-order valence-corrected chi connectivity index (χ0v) is 9.97. The van der Waals surface area contributed by atoms with Crippen LogP contribution in [-0.2, 0) is 6.54 Å². The molecule has 0 radical (unpaired) electrons. The standard InChI is InChI=1S/C13H21N3/c1-11-5-4-8-16(13(11)9-14)10-12-6-2-3-7-15-12/h2-3,6-7,11,13H,4-5,8-10,14H2,1H3. The highest BCUT2D eigenvalue weighted by Crippen LogP contribution is 2.23. The van der Waals surface area contributed by atoms with E-state index >= 15 is 0 Å². The van der Waals surface area contributed by atoms with Crippen molar-refractivity contribution in [3.8, 4) is 0 Å². The molecule has 2 rings (SSSR count). The lowest BCUT2D eigenvalue weighted by Crippen LogP contribution is -2.48. The summed E-state index contributed by atoms with van der Waals surface area (Å²) in [6, 6.07) is 6.62. The van der Waals surface area contributed by atoms with Gasteiger partial charge in [0.05, 0.1) is 5.69 Å². The molecule has 2 N–H and O–H groups in total. The number of piperidine rings is 1. The van der Waals surface area contributed by atoms with Crippen LogP contribution in [0.2, 0.25) is 0 Å². The molecule has 1 aliphatic heterocycles. The molecular formula is C13H21N3. The van der Waals surface area contributed by atoms with Gasteiger partial charge in [-0.05, 0) is 37.4 Å². The van der Waals surface area contributed by atoms with Gasteiger partial charge in [-0.1, -0.05) is 13.0 Å². The van der Waals surface area contributed by atoms with Crippen LogP contribution in [0.15, 0.2) is 24.4 Å². The molecule has 0 aromatic carbocycles. The van der Waals surface area contributed by atoms with Gasteiger partial charge in [-0.15, -0.1) is 0 Å². The normalized spacial score (nSPS) is 26.9. The van der Waals surface area contributed by atoms with E-state index in [1.165, 1.54) is 12.8 Å². The molecule has 1 aromatic rings. The van der Waals surface area contributed by atoms with Gasteiger partial charge >= 0.3 is 0 Å². The van der Waals surface area contributed by atoms with Crippen LogP contribution in [0.3, 0.4) is 0 Å². The lowest BCUT2D eigenvalue weighted by atomic mass is 9.90. The van der Waals surface area contributed by atoms with Crippen molar-refractivity contribution in [3.05, 3.63) is 30.1 Å². The molecule has 1 aliphatic rings. The molecular weight excluding hydrogens is 198 g/mol. The lowest BCUT2D eigenvalue weighted by molar-refractivity contribution is 0.0978. The van der Waals surface area contributed by atoms with Crippen molar-refractivity contribution in [2.75, 3.05) is 13.1 Å². The molecule has 0 bridgehead atoms. The number of rotatable bonds is 3. The lowest BCUT2D eigenvalue weighted by Gasteiger charge is -2.39. The second kappa shape index (κ2) is 5.41. The molecule has 2 atom stereocenters. The second-order valence-electron chi connectivity index (χ2n) is 4.71. The minimum Gasteiger partial charge on any atom is -0.329 e. The van der Waals surface area contributed by atoms with E-state index in [4.69, 9.17) is 5.73 Å². The van der Waals surface area contributed by atoms with Crippen LogP contribution in [0.25, 0.3) is 0 Å². The SMILES string of the molecule is CC1CCCN(Cc2ccccn2)C1CN. The Bertz CT molecular complexity index is 312. The van der Waals surface area contributed by atoms with E-state index in [2.05, 4.69) is 22.9 Å². The van der Waals surface area contributed by atoms with Crippen LogP contribution in [0, 0.1) is 5.92 Å². The largest absolute Gasteiger partial charge is 0.329 e. The van der Waals surface area contributed by atoms with Gasteiger partial charge in [0.1, 0.15) is 0 Å². The Morgan fingerprint density at radius 2 is 2.38 bits per heavy atom. The van der Waals surface area contributed by atoms with E-state index in [9.17, 15) is 0 Å². The third-order valence-corrected chi connectivity index (χ3v) is 3.56. The Hall–Kier alpha value is -0.930. The first kappa shape index (κ1) is 11.6. The highest BCUT2D eigenvalue weighted by molar-refractivity contribution is 5.04. The van der Waals surface area contributed by atoms with Gasteiger partial charge in [0.15, 0.2) is 0 Å². The topological polar surface area (TPSA) is 42.2 Å². The number of aromatic nitrogens is 1. The molecule has 1 fully saturated rings. The maximum atomic E-state index is 5.88. The van der Waals surface area contributed by atoms with Crippen molar-refractivity contribution in [1.82, 2.24) is 9.88 Å². The van der Waals surface area contributed by atoms with Crippen molar-refractivity contribution in [2.24, 2.45) is 11.7 Å². The molecule has 0 amide bonds. The van der Waals surface area contributed by atoms with Crippen molar-refractivity contribution in [3.63, 3.8) is 0 Å². The van der Waals surface area contributed by atoms with E-state index in [1.54, 1.807) is 0 Å².